The lowest BCUT2D eigenvalue weighted by Crippen LogP contribution is -2.44. The van der Waals surface area contributed by atoms with Gasteiger partial charge in [-0.2, -0.15) is 0 Å². The van der Waals surface area contributed by atoms with Crippen molar-refractivity contribution in [3.63, 3.8) is 0 Å². The average molecular weight is 378 g/mol. The first-order valence-corrected chi connectivity index (χ1v) is 8.12. The van der Waals surface area contributed by atoms with E-state index in [-0.39, 0.29) is 17.6 Å². The second-order valence-electron chi connectivity index (χ2n) is 5.60. The number of carboxylic acids is 1. The van der Waals surface area contributed by atoms with Gasteiger partial charge in [0.15, 0.2) is 0 Å². The number of carbonyl (C=O) groups excluding carboxylic acids is 1. The number of halogens is 1. The fraction of sp³-hybridized carbons (Fsp3) is 0.312. The third kappa shape index (κ3) is 3.29. The van der Waals surface area contributed by atoms with Crippen LogP contribution in [0.4, 0.5) is 0 Å². The second kappa shape index (κ2) is 6.16. The molecule has 0 aliphatic heterocycles. The number of hydrogen-bond donors (Lipinski definition) is 1. The average Bonchev–Trinajstić information content (AvgIpc) is 3.23. The van der Waals surface area contributed by atoms with E-state index in [2.05, 4.69) is 20.9 Å². The van der Waals surface area contributed by atoms with Crippen LogP contribution in [0.2, 0.25) is 0 Å². The van der Waals surface area contributed by atoms with Gasteiger partial charge in [-0.25, -0.2) is 9.78 Å². The van der Waals surface area contributed by atoms with Gasteiger partial charge in [0.25, 0.3) is 5.91 Å². The summed E-state index contributed by atoms with van der Waals surface area (Å²) in [6.45, 7) is 1.53. The lowest BCUT2D eigenvalue weighted by Gasteiger charge is -2.25. The number of aromatic nitrogens is 2. The van der Waals surface area contributed by atoms with Crippen LogP contribution in [0.15, 0.2) is 41.3 Å². The summed E-state index contributed by atoms with van der Waals surface area (Å²) in [5, 5.41) is 9.21. The predicted octanol–water partition coefficient (Wildman–Crippen LogP) is 2.71. The number of aliphatic carboxylic acids is 1. The molecule has 0 saturated heterocycles. The quantitative estimate of drug-likeness (QED) is 0.868. The number of carbonyl (C=O) groups is 2. The molecule has 1 heterocycles. The first-order chi connectivity index (χ1) is 11.0. The lowest BCUT2D eigenvalue weighted by molar-refractivity contribution is -0.141. The highest BCUT2D eigenvalue weighted by molar-refractivity contribution is 9.10. The summed E-state index contributed by atoms with van der Waals surface area (Å²) < 4.78 is 2.71. The van der Waals surface area contributed by atoms with Gasteiger partial charge in [-0.15, -0.1) is 0 Å². The molecule has 1 fully saturated rings. The summed E-state index contributed by atoms with van der Waals surface area (Å²) in [5.41, 5.74) is 1.14. The Kier molecular flexibility index (Phi) is 4.21. The number of imidazole rings is 1. The highest BCUT2D eigenvalue weighted by Gasteiger charge is 2.39. The van der Waals surface area contributed by atoms with Crippen molar-refractivity contribution in [1.29, 1.82) is 0 Å². The van der Waals surface area contributed by atoms with Crippen molar-refractivity contribution in [3.05, 3.63) is 47.0 Å². The smallest absolute Gasteiger partial charge is 0.326 e. The molecule has 23 heavy (non-hydrogen) atoms. The summed E-state index contributed by atoms with van der Waals surface area (Å²) in [5.74, 6) is -1.34. The summed E-state index contributed by atoms with van der Waals surface area (Å²) in [6.07, 6.45) is 4.88. The van der Waals surface area contributed by atoms with E-state index >= 15 is 0 Å². The molecular formula is C16H16BrN3O3. The summed E-state index contributed by atoms with van der Waals surface area (Å²) >= 11 is 3.38. The van der Waals surface area contributed by atoms with E-state index in [1.807, 2.05) is 24.3 Å². The molecule has 1 N–H and O–H groups in total. The van der Waals surface area contributed by atoms with Crippen molar-refractivity contribution >= 4 is 27.8 Å². The van der Waals surface area contributed by atoms with E-state index in [0.29, 0.717) is 0 Å². The third-order valence-electron chi connectivity index (χ3n) is 3.88. The van der Waals surface area contributed by atoms with Crippen LogP contribution in [0, 0.1) is 0 Å². The van der Waals surface area contributed by atoms with Crippen LogP contribution in [0.3, 0.4) is 0 Å². The van der Waals surface area contributed by atoms with E-state index in [0.717, 1.165) is 23.0 Å². The minimum Gasteiger partial charge on any atom is -0.480 e. The second-order valence-corrected chi connectivity index (χ2v) is 6.52. The zero-order chi connectivity index (χ0) is 16.6. The fourth-order valence-electron chi connectivity index (χ4n) is 2.45. The highest BCUT2D eigenvalue weighted by atomic mass is 79.9. The van der Waals surface area contributed by atoms with Crippen molar-refractivity contribution < 1.29 is 14.7 Å². The number of rotatable bonds is 5. The monoisotopic (exact) mass is 377 g/mol. The Morgan fingerprint density at radius 3 is 2.57 bits per heavy atom. The maximum atomic E-state index is 12.7. The molecule has 1 atom stereocenters. The Labute approximate surface area is 141 Å². The molecule has 1 aromatic carbocycles. The number of hydrogen-bond acceptors (Lipinski definition) is 3. The maximum absolute atomic E-state index is 12.7. The minimum atomic E-state index is -1.00. The summed E-state index contributed by atoms with van der Waals surface area (Å²) in [4.78, 5) is 29.5. The van der Waals surface area contributed by atoms with Crippen LogP contribution in [0.25, 0.3) is 5.69 Å². The first-order valence-electron chi connectivity index (χ1n) is 7.33. The molecule has 1 amide bonds. The van der Waals surface area contributed by atoms with Crippen LogP contribution >= 0.6 is 15.9 Å². The van der Waals surface area contributed by atoms with Gasteiger partial charge in [0, 0.05) is 22.4 Å². The van der Waals surface area contributed by atoms with Gasteiger partial charge in [0.05, 0.1) is 0 Å². The van der Waals surface area contributed by atoms with Crippen molar-refractivity contribution in [2.75, 3.05) is 0 Å². The predicted molar refractivity (Wildman–Crippen MR) is 87.6 cm³/mol. The zero-order valence-electron chi connectivity index (χ0n) is 12.5. The van der Waals surface area contributed by atoms with Crippen molar-refractivity contribution in [1.82, 2.24) is 14.5 Å². The standard InChI is InChI=1S/C16H16BrN3O3/c1-10(16(22)23)20(13-6-7-13)15(21)14-8-19(9-18-14)12-4-2-11(17)3-5-12/h2-5,8-10,13H,6-7H2,1H3,(H,22,23). The Morgan fingerprint density at radius 1 is 1.35 bits per heavy atom. The van der Waals surface area contributed by atoms with Crippen LogP contribution in [0.1, 0.15) is 30.3 Å². The summed E-state index contributed by atoms with van der Waals surface area (Å²) in [6, 6.07) is 6.76. The zero-order valence-corrected chi connectivity index (χ0v) is 14.1. The van der Waals surface area contributed by atoms with Gasteiger partial charge in [-0.1, -0.05) is 15.9 Å². The molecule has 1 aliphatic rings. The normalized spacial score (nSPS) is 15.2. The molecule has 120 valence electrons. The van der Waals surface area contributed by atoms with E-state index in [1.54, 1.807) is 17.1 Å². The van der Waals surface area contributed by atoms with E-state index in [4.69, 9.17) is 0 Å². The van der Waals surface area contributed by atoms with Crippen LogP contribution in [-0.2, 0) is 4.79 Å². The fourth-order valence-corrected chi connectivity index (χ4v) is 2.71. The molecule has 0 bridgehead atoms. The number of amides is 1. The topological polar surface area (TPSA) is 75.4 Å². The van der Waals surface area contributed by atoms with Crippen LogP contribution in [-0.4, -0.2) is 43.5 Å². The van der Waals surface area contributed by atoms with Gasteiger partial charge in [0.1, 0.15) is 18.1 Å². The third-order valence-corrected chi connectivity index (χ3v) is 4.40. The SMILES string of the molecule is CC(C(=O)O)N(C(=O)c1cn(-c2ccc(Br)cc2)cn1)C1CC1. The molecule has 6 nitrogen and oxygen atoms in total. The van der Waals surface area contributed by atoms with E-state index in [9.17, 15) is 14.7 Å². The van der Waals surface area contributed by atoms with E-state index in [1.165, 1.54) is 11.8 Å². The van der Waals surface area contributed by atoms with Gasteiger partial charge < -0.3 is 14.6 Å². The van der Waals surface area contributed by atoms with Crippen LogP contribution < -0.4 is 0 Å². The molecular weight excluding hydrogens is 362 g/mol. The summed E-state index contributed by atoms with van der Waals surface area (Å²) in [7, 11) is 0. The van der Waals surface area contributed by atoms with Gasteiger partial charge in [-0.05, 0) is 44.0 Å². The van der Waals surface area contributed by atoms with Crippen molar-refractivity contribution in [2.45, 2.75) is 31.8 Å². The number of carboxylic acid groups (broad SMARTS) is 1. The number of nitrogens with zero attached hydrogens (tertiary/aromatic N) is 3. The molecule has 0 radical (unpaired) electrons. The number of benzene rings is 1. The molecule has 1 unspecified atom stereocenters. The van der Waals surface area contributed by atoms with Gasteiger partial charge >= 0.3 is 5.97 Å². The first kappa shape index (κ1) is 15.7. The Balaban J connectivity index is 1.85. The minimum absolute atomic E-state index is 0.00595. The Bertz CT molecular complexity index is 737. The molecule has 1 saturated carbocycles. The molecule has 3 rings (SSSR count). The largest absolute Gasteiger partial charge is 0.480 e. The van der Waals surface area contributed by atoms with E-state index < -0.39 is 12.0 Å². The van der Waals surface area contributed by atoms with Crippen molar-refractivity contribution in [2.24, 2.45) is 0 Å². The molecule has 0 spiro atoms. The molecule has 7 heteroatoms. The van der Waals surface area contributed by atoms with Gasteiger partial charge in [-0.3, -0.25) is 4.79 Å². The Morgan fingerprint density at radius 2 is 2.00 bits per heavy atom. The maximum Gasteiger partial charge on any atom is 0.326 e. The molecule has 2 aromatic rings. The lowest BCUT2D eigenvalue weighted by atomic mass is 10.2. The molecule has 1 aliphatic carbocycles. The highest BCUT2D eigenvalue weighted by Crippen LogP contribution is 2.30. The Hall–Kier alpha value is -2.15. The van der Waals surface area contributed by atoms with Crippen molar-refractivity contribution in [3.8, 4) is 5.69 Å². The molecule has 1 aromatic heterocycles. The van der Waals surface area contributed by atoms with Gasteiger partial charge in [0.2, 0.25) is 0 Å². The van der Waals surface area contributed by atoms with Crippen LogP contribution in [0.5, 0.6) is 0 Å².